The van der Waals surface area contributed by atoms with Crippen LogP contribution in [0.2, 0.25) is 0 Å². The van der Waals surface area contributed by atoms with E-state index in [-0.39, 0.29) is 0 Å². The van der Waals surface area contributed by atoms with Crippen LogP contribution in [0.1, 0.15) is 18.1 Å². The summed E-state index contributed by atoms with van der Waals surface area (Å²) in [5, 5.41) is 7.47. The molecule has 3 aromatic rings. The molecule has 0 aliphatic carbocycles. The SMILES string of the molecule is C=CS/C(=C\C)c1ccc2cnc(NC(=C)c3ccnc(N4CCN(C)CC4)c3)cc2c1. The topological polar surface area (TPSA) is 44.3 Å². The van der Waals surface area contributed by atoms with Crippen LogP contribution >= 0.6 is 11.8 Å². The quantitative estimate of drug-likeness (QED) is 0.505. The molecule has 0 radical (unpaired) electrons. The van der Waals surface area contributed by atoms with Gasteiger partial charge in [-0.1, -0.05) is 43.1 Å². The van der Waals surface area contributed by atoms with E-state index in [4.69, 9.17) is 0 Å². The van der Waals surface area contributed by atoms with Gasteiger partial charge in [0.2, 0.25) is 0 Å². The summed E-state index contributed by atoms with van der Waals surface area (Å²) in [6.07, 6.45) is 5.86. The Morgan fingerprint density at radius 3 is 2.59 bits per heavy atom. The van der Waals surface area contributed by atoms with Gasteiger partial charge in [-0.25, -0.2) is 9.97 Å². The molecule has 32 heavy (non-hydrogen) atoms. The molecular weight excluding hydrogens is 414 g/mol. The van der Waals surface area contributed by atoms with Crippen LogP contribution in [-0.2, 0) is 0 Å². The molecular formula is C26H29N5S. The average Bonchev–Trinajstić information content (AvgIpc) is 2.82. The average molecular weight is 444 g/mol. The molecule has 6 heteroatoms. The van der Waals surface area contributed by atoms with E-state index in [0.29, 0.717) is 0 Å². The molecule has 2 aromatic heterocycles. The van der Waals surface area contributed by atoms with Crippen molar-refractivity contribution in [3.05, 3.63) is 84.6 Å². The van der Waals surface area contributed by atoms with Crippen molar-refractivity contribution in [3.63, 3.8) is 0 Å². The number of nitrogens with one attached hydrogen (secondary N) is 1. The second-order valence-corrected chi connectivity index (χ2v) is 8.87. The van der Waals surface area contributed by atoms with Crippen molar-refractivity contribution in [1.29, 1.82) is 0 Å². The molecule has 1 aromatic carbocycles. The molecule has 1 aliphatic heterocycles. The molecule has 4 rings (SSSR count). The van der Waals surface area contributed by atoms with Crippen LogP contribution in [0.3, 0.4) is 0 Å². The predicted octanol–water partition coefficient (Wildman–Crippen LogP) is 5.70. The summed E-state index contributed by atoms with van der Waals surface area (Å²) in [7, 11) is 2.16. The van der Waals surface area contributed by atoms with Gasteiger partial charge < -0.3 is 15.1 Å². The fourth-order valence-electron chi connectivity index (χ4n) is 3.80. The Hall–Kier alpha value is -3.09. The number of allylic oxidation sites excluding steroid dienone is 1. The van der Waals surface area contributed by atoms with Crippen LogP contribution in [0.25, 0.3) is 21.4 Å². The Bertz CT molecular complexity index is 1160. The Morgan fingerprint density at radius 2 is 1.84 bits per heavy atom. The highest BCUT2D eigenvalue weighted by molar-refractivity contribution is 8.10. The molecule has 0 saturated carbocycles. The Morgan fingerprint density at radius 1 is 1.03 bits per heavy atom. The highest BCUT2D eigenvalue weighted by Gasteiger charge is 2.16. The number of likely N-dealkylation sites (N-methyl/N-ethyl adjacent to an activating group) is 1. The number of piperazine rings is 1. The van der Waals surface area contributed by atoms with Crippen molar-refractivity contribution in [2.24, 2.45) is 0 Å². The van der Waals surface area contributed by atoms with E-state index in [1.165, 1.54) is 10.5 Å². The number of fused-ring (bicyclic) bond motifs is 1. The first-order valence-corrected chi connectivity index (χ1v) is 11.7. The van der Waals surface area contributed by atoms with E-state index < -0.39 is 0 Å². The maximum absolute atomic E-state index is 4.58. The van der Waals surface area contributed by atoms with Crippen LogP contribution in [0.4, 0.5) is 11.6 Å². The summed E-state index contributed by atoms with van der Waals surface area (Å²) in [6.45, 7) is 14.2. The van der Waals surface area contributed by atoms with Crippen LogP contribution < -0.4 is 10.2 Å². The van der Waals surface area contributed by atoms with E-state index in [1.54, 1.807) is 11.8 Å². The molecule has 3 heterocycles. The van der Waals surface area contributed by atoms with Crippen molar-refractivity contribution < 1.29 is 0 Å². The van der Waals surface area contributed by atoms with Gasteiger partial charge in [0.25, 0.3) is 0 Å². The molecule has 0 unspecified atom stereocenters. The molecule has 1 saturated heterocycles. The van der Waals surface area contributed by atoms with E-state index in [1.807, 2.05) is 30.8 Å². The predicted molar refractivity (Wildman–Crippen MR) is 140 cm³/mol. The first-order valence-electron chi connectivity index (χ1n) is 10.8. The summed E-state index contributed by atoms with van der Waals surface area (Å²) in [6, 6.07) is 12.6. The van der Waals surface area contributed by atoms with Gasteiger partial charge in [0, 0.05) is 60.1 Å². The van der Waals surface area contributed by atoms with Crippen LogP contribution in [0.15, 0.2) is 73.4 Å². The number of hydrogen-bond donors (Lipinski definition) is 1. The molecule has 164 valence electrons. The van der Waals surface area contributed by atoms with Gasteiger partial charge in [-0.05, 0) is 54.6 Å². The first-order chi connectivity index (χ1) is 15.6. The summed E-state index contributed by atoms with van der Waals surface area (Å²) in [5.74, 6) is 1.77. The second-order valence-electron chi connectivity index (χ2n) is 7.87. The lowest BCUT2D eigenvalue weighted by Crippen LogP contribution is -2.44. The monoisotopic (exact) mass is 443 g/mol. The van der Waals surface area contributed by atoms with Crippen molar-refractivity contribution in [2.45, 2.75) is 6.92 Å². The zero-order valence-corrected chi connectivity index (χ0v) is 19.5. The summed E-state index contributed by atoms with van der Waals surface area (Å²) >= 11 is 1.63. The number of rotatable bonds is 7. The van der Waals surface area contributed by atoms with Gasteiger partial charge in [0.1, 0.15) is 11.6 Å². The van der Waals surface area contributed by atoms with E-state index >= 15 is 0 Å². The normalized spacial score (nSPS) is 15.1. The number of thioether (sulfide) groups is 1. The number of hydrogen-bond acceptors (Lipinski definition) is 6. The maximum atomic E-state index is 4.58. The van der Waals surface area contributed by atoms with Gasteiger partial charge in [0.05, 0.1) is 0 Å². The molecule has 0 amide bonds. The molecule has 0 bridgehead atoms. The molecule has 0 atom stereocenters. The molecule has 1 aliphatic rings. The Kier molecular flexibility index (Phi) is 6.93. The van der Waals surface area contributed by atoms with E-state index in [9.17, 15) is 0 Å². The highest BCUT2D eigenvalue weighted by Crippen LogP contribution is 2.31. The number of pyridine rings is 2. The lowest BCUT2D eigenvalue weighted by atomic mass is 10.1. The Labute approximate surface area is 194 Å². The van der Waals surface area contributed by atoms with Crippen molar-refractivity contribution >= 4 is 44.8 Å². The number of benzene rings is 1. The van der Waals surface area contributed by atoms with Gasteiger partial charge in [-0.3, -0.25) is 0 Å². The molecule has 1 fully saturated rings. The zero-order valence-electron chi connectivity index (χ0n) is 18.7. The zero-order chi connectivity index (χ0) is 22.5. The number of anilines is 2. The molecule has 5 nitrogen and oxygen atoms in total. The van der Waals surface area contributed by atoms with Gasteiger partial charge in [0.15, 0.2) is 0 Å². The van der Waals surface area contributed by atoms with Crippen molar-refractivity contribution in [1.82, 2.24) is 14.9 Å². The minimum absolute atomic E-state index is 0.774. The fraction of sp³-hybridized carbons (Fsp3) is 0.231. The van der Waals surface area contributed by atoms with Crippen molar-refractivity contribution in [3.8, 4) is 0 Å². The lowest BCUT2D eigenvalue weighted by molar-refractivity contribution is 0.312. The third-order valence-electron chi connectivity index (χ3n) is 5.68. The van der Waals surface area contributed by atoms with E-state index in [2.05, 4.69) is 81.7 Å². The highest BCUT2D eigenvalue weighted by atomic mass is 32.2. The minimum Gasteiger partial charge on any atom is -0.354 e. The van der Waals surface area contributed by atoms with Crippen molar-refractivity contribution in [2.75, 3.05) is 43.4 Å². The fourth-order valence-corrected chi connectivity index (χ4v) is 4.38. The molecule has 0 spiro atoms. The number of aromatic nitrogens is 2. The van der Waals surface area contributed by atoms with Gasteiger partial charge >= 0.3 is 0 Å². The van der Waals surface area contributed by atoms with E-state index in [0.717, 1.165) is 59.8 Å². The van der Waals surface area contributed by atoms with Crippen LogP contribution in [-0.4, -0.2) is 48.1 Å². The third kappa shape index (κ3) is 5.03. The first kappa shape index (κ1) is 22.1. The standard InChI is InChI=1S/C26H29N5S/c1-5-24(32-6-2)21-7-8-22-18-28-25(16-23(22)15-21)29-19(3)20-9-10-27-26(17-20)31-13-11-30(4)12-14-31/h5-10,15-18H,2-3,11-14H2,1,4H3,(H,28,29)/b24-5-. The lowest BCUT2D eigenvalue weighted by Gasteiger charge is -2.33. The summed E-state index contributed by atoms with van der Waals surface area (Å²) in [5.41, 5.74) is 3.00. The van der Waals surface area contributed by atoms with Gasteiger partial charge in [-0.2, -0.15) is 0 Å². The maximum Gasteiger partial charge on any atom is 0.130 e. The van der Waals surface area contributed by atoms with Gasteiger partial charge in [-0.15, -0.1) is 0 Å². The van der Waals surface area contributed by atoms with Crippen LogP contribution in [0.5, 0.6) is 0 Å². The smallest absolute Gasteiger partial charge is 0.130 e. The summed E-state index contributed by atoms with van der Waals surface area (Å²) < 4.78 is 0. The largest absolute Gasteiger partial charge is 0.354 e. The summed E-state index contributed by atoms with van der Waals surface area (Å²) in [4.78, 5) is 15.0. The van der Waals surface area contributed by atoms with Crippen LogP contribution in [0, 0.1) is 0 Å². The molecule has 1 N–H and O–H groups in total. The Balaban J connectivity index is 1.53. The second kappa shape index (κ2) is 10.0. The number of nitrogens with zero attached hydrogens (tertiary/aromatic N) is 4. The third-order valence-corrected chi connectivity index (χ3v) is 6.57. The minimum atomic E-state index is 0.774.